The SMILES string of the molecule is C[C@@H]1C(NC(=O)OCc2ccccc2)c2cc(C#N)ccc2N[C@H]1C1CC1. The molecule has 1 fully saturated rings. The number of nitrogens with zero attached hydrogens (tertiary/aromatic N) is 1. The highest BCUT2D eigenvalue weighted by molar-refractivity contribution is 5.70. The van der Waals surface area contributed by atoms with Crippen molar-refractivity contribution in [2.75, 3.05) is 5.32 Å². The highest BCUT2D eigenvalue weighted by Crippen LogP contribution is 2.45. The van der Waals surface area contributed by atoms with Gasteiger partial charge < -0.3 is 15.4 Å². The Kier molecular flexibility index (Phi) is 4.72. The van der Waals surface area contributed by atoms with Crippen molar-refractivity contribution in [3.05, 3.63) is 65.2 Å². The second-order valence-corrected chi connectivity index (χ2v) is 7.46. The lowest BCUT2D eigenvalue weighted by atomic mass is 9.81. The van der Waals surface area contributed by atoms with Crippen molar-refractivity contribution >= 4 is 11.8 Å². The summed E-state index contributed by atoms with van der Waals surface area (Å²) in [6.45, 7) is 2.39. The van der Waals surface area contributed by atoms with Crippen molar-refractivity contribution in [2.24, 2.45) is 11.8 Å². The van der Waals surface area contributed by atoms with Gasteiger partial charge in [-0.05, 0) is 48.1 Å². The largest absolute Gasteiger partial charge is 0.445 e. The van der Waals surface area contributed by atoms with Crippen molar-refractivity contribution in [3.63, 3.8) is 0 Å². The number of nitriles is 1. The fourth-order valence-corrected chi connectivity index (χ4v) is 3.93. The molecule has 5 nitrogen and oxygen atoms in total. The molecule has 27 heavy (non-hydrogen) atoms. The molecular weight excluding hydrogens is 338 g/mol. The summed E-state index contributed by atoms with van der Waals surface area (Å²) in [5.41, 5.74) is 3.50. The van der Waals surface area contributed by atoms with Gasteiger partial charge in [0.2, 0.25) is 0 Å². The lowest BCUT2D eigenvalue weighted by Gasteiger charge is -2.39. The van der Waals surface area contributed by atoms with Gasteiger partial charge in [0.05, 0.1) is 17.7 Å². The highest BCUT2D eigenvalue weighted by atomic mass is 16.5. The predicted molar refractivity (Wildman–Crippen MR) is 103 cm³/mol. The summed E-state index contributed by atoms with van der Waals surface area (Å²) in [5, 5.41) is 15.9. The average molecular weight is 361 g/mol. The zero-order chi connectivity index (χ0) is 18.8. The third-order valence-electron chi connectivity index (χ3n) is 5.55. The van der Waals surface area contributed by atoms with Crippen LogP contribution in [0.2, 0.25) is 0 Å². The Labute approximate surface area is 159 Å². The summed E-state index contributed by atoms with van der Waals surface area (Å²) in [6, 6.07) is 17.6. The van der Waals surface area contributed by atoms with E-state index >= 15 is 0 Å². The molecule has 1 aliphatic carbocycles. The molecule has 138 valence electrons. The van der Waals surface area contributed by atoms with E-state index in [2.05, 4.69) is 23.6 Å². The first kappa shape index (κ1) is 17.4. The summed E-state index contributed by atoms with van der Waals surface area (Å²) in [7, 11) is 0. The third kappa shape index (κ3) is 3.75. The molecule has 1 unspecified atom stereocenters. The monoisotopic (exact) mass is 361 g/mol. The number of benzene rings is 2. The van der Waals surface area contributed by atoms with Crippen molar-refractivity contribution in [1.29, 1.82) is 5.26 Å². The molecule has 1 amide bonds. The number of alkyl carbamates (subject to hydrolysis) is 1. The molecule has 0 bridgehead atoms. The molecule has 2 aromatic carbocycles. The molecular formula is C22H23N3O2. The van der Waals surface area contributed by atoms with Gasteiger partial charge in [-0.2, -0.15) is 5.26 Å². The van der Waals surface area contributed by atoms with Crippen molar-refractivity contribution < 1.29 is 9.53 Å². The second-order valence-electron chi connectivity index (χ2n) is 7.46. The molecule has 2 aromatic rings. The Balaban J connectivity index is 1.52. The number of carbonyl (C=O) groups is 1. The van der Waals surface area contributed by atoms with Crippen LogP contribution in [0.3, 0.4) is 0 Å². The van der Waals surface area contributed by atoms with Crippen LogP contribution in [-0.2, 0) is 11.3 Å². The maximum atomic E-state index is 12.5. The van der Waals surface area contributed by atoms with E-state index < -0.39 is 6.09 Å². The van der Waals surface area contributed by atoms with E-state index in [0.717, 1.165) is 16.8 Å². The molecule has 1 heterocycles. The Hall–Kier alpha value is -3.00. The van der Waals surface area contributed by atoms with Crippen molar-refractivity contribution in [2.45, 2.75) is 38.5 Å². The standard InChI is InChI=1S/C22H23N3O2/c1-14-20(17-8-9-17)24-19-10-7-16(12-23)11-18(19)21(14)25-22(26)27-13-15-5-3-2-4-6-15/h2-7,10-11,14,17,20-21,24H,8-9,13H2,1H3,(H,25,26)/t14-,20+,21?/m0/s1. The number of hydrogen-bond donors (Lipinski definition) is 2. The topological polar surface area (TPSA) is 74.1 Å². The number of anilines is 1. The van der Waals surface area contributed by atoms with Crippen LogP contribution in [0.15, 0.2) is 48.5 Å². The lowest BCUT2D eigenvalue weighted by molar-refractivity contribution is 0.130. The Morgan fingerprint density at radius 1 is 1.26 bits per heavy atom. The van der Waals surface area contributed by atoms with Crippen molar-refractivity contribution in [3.8, 4) is 6.07 Å². The first-order valence-corrected chi connectivity index (χ1v) is 9.43. The Morgan fingerprint density at radius 3 is 2.74 bits per heavy atom. The molecule has 1 saturated carbocycles. The number of nitrogens with one attached hydrogen (secondary N) is 2. The Bertz CT molecular complexity index is 871. The zero-order valence-electron chi connectivity index (χ0n) is 15.3. The van der Waals surface area contributed by atoms with E-state index in [4.69, 9.17) is 4.74 Å². The fraction of sp³-hybridized carbons (Fsp3) is 0.364. The molecule has 0 aromatic heterocycles. The van der Waals surface area contributed by atoms with Gasteiger partial charge in [-0.1, -0.05) is 37.3 Å². The highest BCUT2D eigenvalue weighted by Gasteiger charge is 2.42. The van der Waals surface area contributed by atoms with E-state index in [9.17, 15) is 10.1 Å². The number of rotatable bonds is 4. The van der Waals surface area contributed by atoms with Crippen LogP contribution >= 0.6 is 0 Å². The normalized spacial score (nSPS) is 23.5. The van der Waals surface area contributed by atoms with Gasteiger partial charge in [0, 0.05) is 17.6 Å². The van der Waals surface area contributed by atoms with E-state index in [-0.39, 0.29) is 18.6 Å². The summed E-state index contributed by atoms with van der Waals surface area (Å²) < 4.78 is 5.43. The van der Waals surface area contributed by atoms with Crippen LogP contribution < -0.4 is 10.6 Å². The van der Waals surface area contributed by atoms with E-state index in [0.29, 0.717) is 17.5 Å². The van der Waals surface area contributed by atoms with Crippen molar-refractivity contribution in [1.82, 2.24) is 5.32 Å². The minimum Gasteiger partial charge on any atom is -0.445 e. The minimum atomic E-state index is -0.430. The van der Waals surface area contributed by atoms with Gasteiger partial charge in [-0.3, -0.25) is 0 Å². The van der Waals surface area contributed by atoms with Crippen LogP contribution in [0.5, 0.6) is 0 Å². The van der Waals surface area contributed by atoms with Crippen LogP contribution in [0.1, 0.15) is 42.5 Å². The van der Waals surface area contributed by atoms with E-state index in [1.807, 2.05) is 48.5 Å². The van der Waals surface area contributed by atoms with E-state index in [1.165, 1.54) is 12.8 Å². The molecule has 1 aliphatic heterocycles. The molecule has 0 spiro atoms. The lowest BCUT2D eigenvalue weighted by Crippen LogP contribution is -2.45. The second kappa shape index (κ2) is 7.32. The average Bonchev–Trinajstić information content (AvgIpc) is 3.54. The maximum absolute atomic E-state index is 12.5. The number of amides is 1. The minimum absolute atomic E-state index is 0.177. The summed E-state index contributed by atoms with van der Waals surface area (Å²) in [5.74, 6) is 0.858. The van der Waals surface area contributed by atoms with Gasteiger partial charge >= 0.3 is 6.09 Å². The van der Waals surface area contributed by atoms with Crippen LogP contribution in [0, 0.1) is 23.2 Å². The quantitative estimate of drug-likeness (QED) is 0.848. The molecule has 4 rings (SSSR count). The number of fused-ring (bicyclic) bond motifs is 1. The third-order valence-corrected chi connectivity index (χ3v) is 5.55. The summed E-state index contributed by atoms with van der Waals surface area (Å²) in [4.78, 5) is 12.5. The summed E-state index contributed by atoms with van der Waals surface area (Å²) >= 11 is 0. The molecule has 0 saturated heterocycles. The molecule has 5 heteroatoms. The maximum Gasteiger partial charge on any atom is 0.407 e. The van der Waals surface area contributed by atoms with Gasteiger partial charge in [0.25, 0.3) is 0 Å². The van der Waals surface area contributed by atoms with Gasteiger partial charge in [-0.15, -0.1) is 0 Å². The number of hydrogen-bond acceptors (Lipinski definition) is 4. The van der Waals surface area contributed by atoms with E-state index in [1.54, 1.807) is 0 Å². The molecule has 2 aliphatic rings. The van der Waals surface area contributed by atoms with Gasteiger partial charge in [0.15, 0.2) is 0 Å². The first-order chi connectivity index (χ1) is 13.2. The molecule has 2 N–H and O–H groups in total. The van der Waals surface area contributed by atoms with Crippen LogP contribution in [0.4, 0.5) is 10.5 Å². The smallest absolute Gasteiger partial charge is 0.407 e. The number of carbonyl (C=O) groups excluding carboxylic acids is 1. The summed E-state index contributed by atoms with van der Waals surface area (Å²) in [6.07, 6.45) is 2.01. The van der Waals surface area contributed by atoms with Crippen LogP contribution in [0.25, 0.3) is 0 Å². The van der Waals surface area contributed by atoms with Crippen LogP contribution in [-0.4, -0.2) is 12.1 Å². The number of ether oxygens (including phenoxy) is 1. The molecule has 3 atom stereocenters. The fourth-order valence-electron chi connectivity index (χ4n) is 3.93. The van der Waals surface area contributed by atoms with Gasteiger partial charge in [-0.25, -0.2) is 4.79 Å². The molecule has 0 radical (unpaired) electrons. The van der Waals surface area contributed by atoms with Gasteiger partial charge in [0.1, 0.15) is 6.61 Å². The predicted octanol–water partition coefficient (Wildman–Crippen LogP) is 4.37. The zero-order valence-corrected chi connectivity index (χ0v) is 15.3. The first-order valence-electron chi connectivity index (χ1n) is 9.43. The Morgan fingerprint density at radius 2 is 2.04 bits per heavy atom.